The van der Waals surface area contributed by atoms with Gasteiger partial charge in [-0.25, -0.2) is 23.1 Å². The highest BCUT2D eigenvalue weighted by atomic mass is 32.1. The van der Waals surface area contributed by atoms with Crippen LogP contribution in [0.4, 0.5) is 20.2 Å². The Morgan fingerprint density at radius 2 is 1.70 bits per heavy atom. The van der Waals surface area contributed by atoms with Crippen LogP contribution in [0.1, 0.15) is 30.4 Å². The predicted octanol–water partition coefficient (Wildman–Crippen LogP) is 5.09. The van der Waals surface area contributed by atoms with Crippen LogP contribution in [0.3, 0.4) is 0 Å². The number of rotatable bonds is 8. The Hall–Kier alpha value is -5.08. The SMILES string of the molecule is CN(C)Cc1c(-c2ccc([N+](=O)[O-])cc2)sc2c1c(=O)n(-c1ccc(N3CCCCC3=O)cn1)c(=O)n2Cc1c(F)cccc1F. The Bertz CT molecular complexity index is 2090. The summed E-state index contributed by atoms with van der Waals surface area (Å²) in [7, 11) is 3.60. The van der Waals surface area contributed by atoms with Crippen molar-refractivity contribution in [2.45, 2.75) is 32.4 Å². The van der Waals surface area contributed by atoms with E-state index in [9.17, 15) is 33.3 Å². The second kappa shape index (κ2) is 12.4. The fourth-order valence-corrected chi connectivity index (χ4v) is 6.94. The third kappa shape index (κ3) is 5.61. The summed E-state index contributed by atoms with van der Waals surface area (Å²) in [6, 6.07) is 12.3. The molecule has 1 aliphatic rings. The van der Waals surface area contributed by atoms with E-state index in [1.807, 2.05) is 4.90 Å². The van der Waals surface area contributed by atoms with Crippen LogP contribution in [0.5, 0.6) is 0 Å². The molecule has 0 aliphatic carbocycles. The van der Waals surface area contributed by atoms with E-state index in [2.05, 4.69) is 4.98 Å². The lowest BCUT2D eigenvalue weighted by Crippen LogP contribution is -2.40. The van der Waals surface area contributed by atoms with Gasteiger partial charge in [0.25, 0.3) is 11.2 Å². The summed E-state index contributed by atoms with van der Waals surface area (Å²) in [5, 5.41) is 11.4. The highest BCUT2D eigenvalue weighted by Crippen LogP contribution is 2.38. The van der Waals surface area contributed by atoms with E-state index in [4.69, 9.17) is 0 Å². The molecule has 2 aromatic carbocycles. The summed E-state index contributed by atoms with van der Waals surface area (Å²) in [6.07, 6.45) is 3.48. The van der Waals surface area contributed by atoms with Gasteiger partial charge in [0, 0.05) is 42.1 Å². The van der Waals surface area contributed by atoms with Gasteiger partial charge in [0.15, 0.2) is 0 Å². The molecule has 14 heteroatoms. The summed E-state index contributed by atoms with van der Waals surface area (Å²) < 4.78 is 31.9. The third-order valence-electron chi connectivity index (χ3n) is 7.86. The molecule has 3 aromatic heterocycles. The molecular weight excluding hydrogens is 618 g/mol. The molecule has 46 heavy (non-hydrogen) atoms. The van der Waals surface area contributed by atoms with Crippen molar-refractivity contribution in [3.05, 3.63) is 115 Å². The van der Waals surface area contributed by atoms with Gasteiger partial charge in [-0.3, -0.25) is 24.3 Å². The van der Waals surface area contributed by atoms with E-state index in [0.717, 1.165) is 45.4 Å². The highest BCUT2D eigenvalue weighted by molar-refractivity contribution is 7.22. The first-order chi connectivity index (χ1) is 22.0. The first-order valence-electron chi connectivity index (χ1n) is 14.5. The van der Waals surface area contributed by atoms with E-state index < -0.39 is 34.4 Å². The molecule has 0 saturated carbocycles. The highest BCUT2D eigenvalue weighted by Gasteiger charge is 2.26. The van der Waals surface area contributed by atoms with Crippen molar-refractivity contribution in [2.24, 2.45) is 0 Å². The number of thiophene rings is 1. The van der Waals surface area contributed by atoms with Crippen LogP contribution in [-0.4, -0.2) is 50.5 Å². The van der Waals surface area contributed by atoms with Crippen molar-refractivity contribution in [1.29, 1.82) is 0 Å². The number of carbonyl (C=O) groups excluding carboxylic acids is 1. The third-order valence-corrected chi connectivity index (χ3v) is 9.17. The molecule has 0 bridgehead atoms. The van der Waals surface area contributed by atoms with E-state index in [0.29, 0.717) is 34.7 Å². The second-order valence-electron chi connectivity index (χ2n) is 11.2. The maximum atomic E-state index is 14.9. The largest absolute Gasteiger partial charge is 0.338 e. The van der Waals surface area contributed by atoms with Crippen molar-refractivity contribution >= 4 is 38.8 Å². The zero-order chi connectivity index (χ0) is 32.7. The number of benzene rings is 2. The van der Waals surface area contributed by atoms with Gasteiger partial charge in [0.05, 0.1) is 28.7 Å². The predicted molar refractivity (Wildman–Crippen MR) is 171 cm³/mol. The Morgan fingerprint density at radius 3 is 2.30 bits per heavy atom. The number of piperidine rings is 1. The molecule has 11 nitrogen and oxygen atoms in total. The summed E-state index contributed by atoms with van der Waals surface area (Å²) >= 11 is 1.09. The first kappa shape index (κ1) is 30.9. The van der Waals surface area contributed by atoms with Gasteiger partial charge in [0.1, 0.15) is 22.3 Å². The number of non-ortho nitro benzene ring substituents is 1. The zero-order valence-electron chi connectivity index (χ0n) is 24.9. The monoisotopic (exact) mass is 646 g/mol. The molecule has 1 amide bonds. The number of hydrogen-bond acceptors (Lipinski definition) is 8. The van der Waals surface area contributed by atoms with E-state index in [1.54, 1.807) is 37.2 Å². The van der Waals surface area contributed by atoms with Crippen molar-refractivity contribution in [2.75, 3.05) is 25.5 Å². The number of fused-ring (bicyclic) bond motifs is 1. The lowest BCUT2D eigenvalue weighted by atomic mass is 10.1. The maximum Gasteiger partial charge on any atom is 0.338 e. The lowest BCUT2D eigenvalue weighted by Gasteiger charge is -2.26. The maximum absolute atomic E-state index is 14.9. The Morgan fingerprint density at radius 1 is 0.978 bits per heavy atom. The van der Waals surface area contributed by atoms with E-state index in [1.165, 1.54) is 30.5 Å². The molecule has 1 fully saturated rings. The minimum atomic E-state index is -0.859. The van der Waals surface area contributed by atoms with Crippen LogP contribution >= 0.6 is 11.3 Å². The van der Waals surface area contributed by atoms with Crippen LogP contribution < -0.4 is 16.1 Å². The Labute approximate surface area is 264 Å². The lowest BCUT2D eigenvalue weighted by molar-refractivity contribution is -0.384. The number of carbonyl (C=O) groups is 1. The van der Waals surface area contributed by atoms with Gasteiger partial charge in [-0.2, -0.15) is 0 Å². The van der Waals surface area contributed by atoms with Crippen LogP contribution in [0.15, 0.2) is 70.4 Å². The number of anilines is 1. The molecule has 1 saturated heterocycles. The molecule has 0 unspecified atom stereocenters. The zero-order valence-corrected chi connectivity index (χ0v) is 25.7. The average molecular weight is 647 g/mol. The molecule has 4 heterocycles. The Kier molecular flexibility index (Phi) is 8.32. The Balaban J connectivity index is 1.61. The molecule has 1 aliphatic heterocycles. The molecule has 5 aromatic rings. The number of nitro benzene ring substituents is 1. The molecule has 236 valence electrons. The number of halogens is 2. The average Bonchev–Trinajstić information content (AvgIpc) is 3.39. The number of hydrogen-bond donors (Lipinski definition) is 0. The van der Waals surface area contributed by atoms with Gasteiger partial charge >= 0.3 is 5.69 Å². The minimum Gasteiger partial charge on any atom is -0.311 e. The molecule has 6 rings (SSSR count). The fourth-order valence-electron chi connectivity index (χ4n) is 5.64. The van der Waals surface area contributed by atoms with Gasteiger partial charge in [-0.15, -0.1) is 11.3 Å². The number of pyridine rings is 1. The van der Waals surface area contributed by atoms with Crippen LogP contribution in [-0.2, 0) is 17.9 Å². The smallest absolute Gasteiger partial charge is 0.311 e. The molecule has 0 atom stereocenters. The fraction of sp³-hybridized carbons (Fsp3) is 0.250. The standard InChI is InChI=1S/C32H28F2N6O5S/c1-36(2)17-23-28-30(42)39(26-14-13-21(16-35-26)37-15-4-3-8-27(37)41)32(43)38(18-22-24(33)6-5-7-25(22)34)31(28)46-29(23)19-9-11-20(12-10-19)40(44)45/h5-7,9-14,16H,3-4,8,15,17-18H2,1-2H3. The number of nitro groups is 1. The van der Waals surface area contributed by atoms with Crippen molar-refractivity contribution in [1.82, 2.24) is 19.0 Å². The van der Waals surface area contributed by atoms with Crippen molar-refractivity contribution in [3.8, 4) is 16.3 Å². The van der Waals surface area contributed by atoms with Gasteiger partial charge in [-0.05, 0) is 74.5 Å². The summed E-state index contributed by atoms with van der Waals surface area (Å²) in [4.78, 5) is 60.3. The molecule has 0 spiro atoms. The summed E-state index contributed by atoms with van der Waals surface area (Å²) in [5.74, 6) is -1.77. The molecule has 0 N–H and O–H groups in total. The molecule has 0 radical (unpaired) electrons. The van der Waals surface area contributed by atoms with Crippen molar-refractivity contribution in [3.63, 3.8) is 0 Å². The van der Waals surface area contributed by atoms with Gasteiger partial charge < -0.3 is 9.80 Å². The van der Waals surface area contributed by atoms with Crippen LogP contribution in [0.2, 0.25) is 0 Å². The van der Waals surface area contributed by atoms with Crippen LogP contribution in [0.25, 0.3) is 26.5 Å². The van der Waals surface area contributed by atoms with E-state index in [-0.39, 0.29) is 39.7 Å². The van der Waals surface area contributed by atoms with E-state index >= 15 is 0 Å². The van der Waals surface area contributed by atoms with Crippen LogP contribution in [0, 0.1) is 21.7 Å². The normalized spacial score (nSPS) is 13.6. The van der Waals surface area contributed by atoms with Gasteiger partial charge in [-0.1, -0.05) is 6.07 Å². The quantitative estimate of drug-likeness (QED) is 0.170. The topological polar surface area (TPSA) is 124 Å². The summed E-state index contributed by atoms with van der Waals surface area (Å²) in [6.45, 7) is 0.258. The summed E-state index contributed by atoms with van der Waals surface area (Å²) in [5.41, 5.74) is -0.379. The number of aromatic nitrogens is 3. The van der Waals surface area contributed by atoms with Gasteiger partial charge in [0.2, 0.25) is 5.91 Å². The molecular formula is C32H28F2N6O5S. The second-order valence-corrected chi connectivity index (χ2v) is 12.2. The number of nitrogens with zero attached hydrogens (tertiary/aromatic N) is 6. The first-order valence-corrected chi connectivity index (χ1v) is 15.3. The number of amides is 1. The van der Waals surface area contributed by atoms with Crippen molar-refractivity contribution < 1.29 is 18.5 Å². The minimum absolute atomic E-state index is 0.0215.